The number of carbonyl (C=O) groups is 2. The second-order valence-electron chi connectivity index (χ2n) is 7.46. The molecule has 5 heteroatoms. The number of amides is 1. The van der Waals surface area contributed by atoms with Gasteiger partial charge < -0.3 is 4.90 Å². The van der Waals surface area contributed by atoms with Gasteiger partial charge in [-0.2, -0.15) is 0 Å². The summed E-state index contributed by atoms with van der Waals surface area (Å²) in [6.07, 6.45) is 11.2. The van der Waals surface area contributed by atoms with Crippen LogP contribution in [0.2, 0.25) is 0 Å². The molecule has 1 amide bonds. The van der Waals surface area contributed by atoms with Crippen molar-refractivity contribution in [1.29, 1.82) is 0 Å². The molecule has 1 saturated carbocycles. The van der Waals surface area contributed by atoms with Crippen LogP contribution in [-0.2, 0) is 11.2 Å². The number of fused-ring (bicyclic) bond motifs is 3. The zero-order valence-corrected chi connectivity index (χ0v) is 15.0. The lowest BCUT2D eigenvalue weighted by atomic mass is 9.74. The van der Waals surface area contributed by atoms with E-state index in [1.807, 2.05) is 23.1 Å². The number of rotatable bonds is 5. The maximum atomic E-state index is 13.0. The molecule has 3 heterocycles. The smallest absolute Gasteiger partial charge is 0.254 e. The lowest BCUT2D eigenvalue weighted by molar-refractivity contribution is -0.142. The Labute approximate surface area is 154 Å². The number of benzene rings is 1. The maximum absolute atomic E-state index is 13.0. The summed E-state index contributed by atoms with van der Waals surface area (Å²) in [6.45, 7) is 0. The predicted molar refractivity (Wildman–Crippen MR) is 98.6 cm³/mol. The van der Waals surface area contributed by atoms with Crippen molar-refractivity contribution in [3.05, 3.63) is 54.6 Å². The molecule has 0 spiro atoms. The van der Waals surface area contributed by atoms with E-state index in [-0.39, 0.29) is 29.8 Å². The largest absolute Gasteiger partial charge is 0.327 e. The average Bonchev–Trinajstić information content (AvgIpc) is 3.23. The van der Waals surface area contributed by atoms with Gasteiger partial charge in [0.2, 0.25) is 5.91 Å². The van der Waals surface area contributed by atoms with Crippen molar-refractivity contribution in [2.75, 3.05) is 0 Å². The first-order chi connectivity index (χ1) is 12.7. The Morgan fingerprint density at radius 1 is 1.08 bits per heavy atom. The molecule has 3 fully saturated rings. The van der Waals surface area contributed by atoms with Crippen molar-refractivity contribution in [3.8, 4) is 0 Å². The van der Waals surface area contributed by atoms with Gasteiger partial charge in [-0.15, -0.1) is 0 Å². The number of carbonyl (C=O) groups excluding carboxylic acids is 2. The van der Waals surface area contributed by atoms with Crippen molar-refractivity contribution < 1.29 is 9.59 Å². The fourth-order valence-corrected chi connectivity index (χ4v) is 4.59. The van der Waals surface area contributed by atoms with Gasteiger partial charge in [0.15, 0.2) is 0 Å². The Hall–Kier alpha value is -2.43. The third-order valence-corrected chi connectivity index (χ3v) is 5.88. The van der Waals surface area contributed by atoms with Gasteiger partial charge >= 0.3 is 0 Å². The van der Waals surface area contributed by atoms with Crippen LogP contribution >= 0.6 is 0 Å². The Morgan fingerprint density at radius 2 is 1.85 bits per heavy atom. The van der Waals surface area contributed by atoms with Crippen LogP contribution in [0.5, 0.6) is 0 Å². The zero-order chi connectivity index (χ0) is 17.9. The molecule has 136 valence electrons. The lowest BCUT2D eigenvalue weighted by Crippen LogP contribution is -2.61. The van der Waals surface area contributed by atoms with E-state index >= 15 is 0 Å². The first-order valence-electron chi connectivity index (χ1n) is 9.61. The molecule has 0 unspecified atom stereocenters. The van der Waals surface area contributed by atoms with E-state index in [0.29, 0.717) is 6.42 Å². The minimum absolute atomic E-state index is 0.00620. The van der Waals surface area contributed by atoms with Crippen LogP contribution in [0.1, 0.15) is 48.9 Å². The molecular formula is C21H25N3O2. The molecule has 1 atom stereocenters. The van der Waals surface area contributed by atoms with Crippen molar-refractivity contribution in [1.82, 2.24) is 14.5 Å². The summed E-state index contributed by atoms with van der Waals surface area (Å²) in [5.41, 5.74) is 1.26. The number of nitrogens with zero attached hydrogens (tertiary/aromatic N) is 3. The van der Waals surface area contributed by atoms with Gasteiger partial charge in [-0.25, -0.2) is 4.98 Å². The van der Waals surface area contributed by atoms with Crippen LogP contribution in [-0.4, -0.2) is 38.3 Å². The van der Waals surface area contributed by atoms with Crippen LogP contribution in [0, 0.1) is 5.92 Å². The SMILES string of the molecule is O=C(CCCc1ccccc1)N1C2CCC(CC2)[C@@H]1C(=O)n1ccnc1. The number of hydrogen-bond acceptors (Lipinski definition) is 3. The summed E-state index contributed by atoms with van der Waals surface area (Å²) in [6, 6.07) is 10.2. The number of aromatic nitrogens is 2. The van der Waals surface area contributed by atoms with Crippen LogP contribution in [0.15, 0.2) is 49.1 Å². The van der Waals surface area contributed by atoms with Gasteiger partial charge in [0.05, 0.1) is 0 Å². The van der Waals surface area contributed by atoms with Crippen molar-refractivity contribution in [2.45, 2.75) is 57.0 Å². The molecule has 0 radical (unpaired) electrons. The lowest BCUT2D eigenvalue weighted by Gasteiger charge is -2.50. The van der Waals surface area contributed by atoms with E-state index in [1.54, 1.807) is 18.7 Å². The normalized spacial score (nSPS) is 24.6. The third-order valence-electron chi connectivity index (χ3n) is 5.88. The molecule has 5 nitrogen and oxygen atoms in total. The van der Waals surface area contributed by atoms with Gasteiger partial charge in [-0.05, 0) is 50.0 Å². The highest BCUT2D eigenvalue weighted by molar-refractivity contribution is 5.90. The Morgan fingerprint density at radius 3 is 2.54 bits per heavy atom. The summed E-state index contributed by atoms with van der Waals surface area (Å²) in [4.78, 5) is 31.9. The molecular weight excluding hydrogens is 326 g/mol. The second kappa shape index (κ2) is 7.44. The Bertz CT molecular complexity index is 749. The molecule has 2 saturated heterocycles. The van der Waals surface area contributed by atoms with E-state index in [0.717, 1.165) is 38.5 Å². The topological polar surface area (TPSA) is 55.2 Å². The highest BCUT2D eigenvalue weighted by atomic mass is 16.2. The van der Waals surface area contributed by atoms with Gasteiger partial charge in [0.25, 0.3) is 5.91 Å². The molecule has 3 aliphatic rings. The quantitative estimate of drug-likeness (QED) is 0.830. The molecule has 2 aliphatic heterocycles. The summed E-state index contributed by atoms with van der Waals surface area (Å²) in [5, 5.41) is 0. The first-order valence-corrected chi connectivity index (χ1v) is 9.61. The number of imidazole rings is 1. The Balaban J connectivity index is 1.45. The summed E-state index contributed by atoms with van der Waals surface area (Å²) < 4.78 is 1.54. The van der Waals surface area contributed by atoms with Crippen LogP contribution in [0.3, 0.4) is 0 Å². The monoisotopic (exact) mass is 351 g/mol. The van der Waals surface area contributed by atoms with Crippen LogP contribution in [0.4, 0.5) is 0 Å². The van der Waals surface area contributed by atoms with E-state index in [1.165, 1.54) is 10.1 Å². The third kappa shape index (κ3) is 3.30. The first kappa shape index (κ1) is 17.0. The Kier molecular flexibility index (Phi) is 4.87. The van der Waals surface area contributed by atoms with Crippen LogP contribution < -0.4 is 0 Å². The van der Waals surface area contributed by atoms with Gasteiger partial charge in [0.1, 0.15) is 12.4 Å². The number of hydrogen-bond donors (Lipinski definition) is 0. The summed E-state index contributed by atoms with van der Waals surface area (Å²) in [5.74, 6) is 0.412. The maximum Gasteiger partial charge on any atom is 0.254 e. The van der Waals surface area contributed by atoms with Crippen molar-refractivity contribution >= 4 is 11.8 Å². The highest BCUT2D eigenvalue weighted by Gasteiger charge is 2.47. The molecule has 0 N–H and O–H groups in total. The molecule has 26 heavy (non-hydrogen) atoms. The average molecular weight is 351 g/mol. The molecule has 2 bridgehead atoms. The minimum atomic E-state index is -0.319. The summed E-state index contributed by atoms with van der Waals surface area (Å²) in [7, 11) is 0. The van der Waals surface area contributed by atoms with Crippen molar-refractivity contribution in [2.24, 2.45) is 5.92 Å². The standard InChI is InChI=1S/C21H25N3O2/c25-19(8-4-7-16-5-2-1-3-6-16)24-18-11-9-17(10-12-18)20(24)21(26)23-14-13-22-15-23/h1-3,5-6,13-15,17-18,20H,4,7-12H2/t17?,18?,20-/m1/s1. The van der Waals surface area contributed by atoms with Gasteiger partial charge in [-0.1, -0.05) is 30.3 Å². The van der Waals surface area contributed by atoms with Crippen molar-refractivity contribution in [3.63, 3.8) is 0 Å². The van der Waals surface area contributed by atoms with E-state index in [9.17, 15) is 9.59 Å². The van der Waals surface area contributed by atoms with E-state index < -0.39 is 0 Å². The highest BCUT2D eigenvalue weighted by Crippen LogP contribution is 2.40. The zero-order valence-electron chi connectivity index (χ0n) is 15.0. The van der Waals surface area contributed by atoms with E-state index in [4.69, 9.17) is 0 Å². The predicted octanol–water partition coefficient (Wildman–Crippen LogP) is 3.32. The fraction of sp³-hybridized carbons (Fsp3) is 0.476. The fourth-order valence-electron chi connectivity index (χ4n) is 4.59. The second-order valence-corrected chi connectivity index (χ2v) is 7.46. The molecule has 1 aromatic carbocycles. The van der Waals surface area contributed by atoms with Crippen LogP contribution in [0.25, 0.3) is 0 Å². The minimum Gasteiger partial charge on any atom is -0.327 e. The molecule has 1 aliphatic carbocycles. The summed E-state index contributed by atoms with van der Waals surface area (Å²) >= 11 is 0. The van der Waals surface area contributed by atoms with Gasteiger partial charge in [-0.3, -0.25) is 14.2 Å². The van der Waals surface area contributed by atoms with Gasteiger partial charge in [0, 0.05) is 24.9 Å². The molecule has 5 rings (SSSR count). The number of aryl methyl sites for hydroxylation is 1. The molecule has 1 aromatic heterocycles. The number of piperidine rings is 2. The van der Waals surface area contributed by atoms with E-state index in [2.05, 4.69) is 17.1 Å². The molecule has 2 aromatic rings.